The van der Waals surface area contributed by atoms with Crippen molar-refractivity contribution in [2.45, 2.75) is 38.7 Å². The van der Waals surface area contributed by atoms with E-state index in [1.165, 1.54) is 18.4 Å². The van der Waals surface area contributed by atoms with E-state index >= 15 is 0 Å². The van der Waals surface area contributed by atoms with Crippen LogP contribution < -0.4 is 0 Å². The van der Waals surface area contributed by atoms with Crippen LogP contribution in [0.3, 0.4) is 0 Å². The van der Waals surface area contributed by atoms with Gasteiger partial charge >= 0.3 is 5.97 Å². The Hall–Kier alpha value is -0.790. The maximum atomic E-state index is 11.5. The molecular formula is C12H16O2. The molecule has 4 aliphatic rings. The number of carbonyl (C=O) groups is 1. The van der Waals surface area contributed by atoms with Gasteiger partial charge in [-0.15, -0.1) is 0 Å². The minimum atomic E-state index is 0.0507. The van der Waals surface area contributed by atoms with Crippen LogP contribution in [-0.2, 0) is 9.53 Å². The van der Waals surface area contributed by atoms with Gasteiger partial charge in [-0.05, 0) is 12.8 Å². The summed E-state index contributed by atoms with van der Waals surface area (Å²) in [6.45, 7) is 6.35. The monoisotopic (exact) mass is 192 g/mol. The van der Waals surface area contributed by atoms with Crippen LogP contribution in [0.15, 0.2) is 12.2 Å². The summed E-state index contributed by atoms with van der Waals surface area (Å²) >= 11 is 0. The molecule has 0 aromatic heterocycles. The minimum absolute atomic E-state index is 0.0507. The van der Waals surface area contributed by atoms with Gasteiger partial charge in [0, 0.05) is 11.3 Å². The van der Waals surface area contributed by atoms with Gasteiger partial charge in [-0.1, -0.05) is 31.9 Å². The predicted molar refractivity (Wildman–Crippen MR) is 52.6 cm³/mol. The third-order valence-electron chi connectivity index (χ3n) is 4.46. The number of hydrogen-bond donors (Lipinski definition) is 0. The van der Waals surface area contributed by atoms with Crippen LogP contribution in [0.4, 0.5) is 0 Å². The van der Waals surface area contributed by atoms with Crippen LogP contribution in [-0.4, -0.2) is 12.1 Å². The topological polar surface area (TPSA) is 26.3 Å². The lowest BCUT2D eigenvalue weighted by atomic mass is 9.55. The molecule has 4 fully saturated rings. The molecule has 4 rings (SSSR count). The van der Waals surface area contributed by atoms with E-state index in [-0.39, 0.29) is 23.4 Å². The van der Waals surface area contributed by atoms with Crippen molar-refractivity contribution >= 4 is 5.97 Å². The summed E-state index contributed by atoms with van der Waals surface area (Å²) in [7, 11) is 0. The van der Waals surface area contributed by atoms with Crippen molar-refractivity contribution in [3.63, 3.8) is 0 Å². The van der Waals surface area contributed by atoms with Gasteiger partial charge in [0.05, 0.1) is 5.92 Å². The lowest BCUT2D eigenvalue weighted by Gasteiger charge is -2.46. The molecule has 0 spiro atoms. The molecule has 14 heavy (non-hydrogen) atoms. The van der Waals surface area contributed by atoms with Gasteiger partial charge in [0.15, 0.2) is 0 Å². The quantitative estimate of drug-likeness (QED) is 0.506. The molecule has 1 saturated heterocycles. The molecule has 0 amide bonds. The SMILES string of the molecule is C=C1C2C3C[C@]1(CCCC)[C@@H]2C(=O)O3. The normalized spacial score (nSPS) is 47.9. The van der Waals surface area contributed by atoms with E-state index in [0.717, 1.165) is 12.8 Å². The Balaban J connectivity index is 1.88. The van der Waals surface area contributed by atoms with Gasteiger partial charge in [-0.3, -0.25) is 4.79 Å². The van der Waals surface area contributed by atoms with Gasteiger partial charge in [-0.25, -0.2) is 0 Å². The summed E-state index contributed by atoms with van der Waals surface area (Å²) in [6.07, 6.45) is 4.81. The molecule has 0 aromatic carbocycles. The first kappa shape index (κ1) is 8.51. The van der Waals surface area contributed by atoms with Crippen molar-refractivity contribution in [1.82, 2.24) is 0 Å². The molecule has 2 unspecified atom stereocenters. The highest BCUT2D eigenvalue weighted by molar-refractivity contribution is 5.82. The number of rotatable bonds is 3. The Morgan fingerprint density at radius 2 is 2.43 bits per heavy atom. The van der Waals surface area contributed by atoms with Gasteiger partial charge < -0.3 is 4.74 Å². The smallest absolute Gasteiger partial charge is 0.310 e. The van der Waals surface area contributed by atoms with Crippen molar-refractivity contribution in [2.24, 2.45) is 17.3 Å². The van der Waals surface area contributed by atoms with E-state index in [4.69, 9.17) is 4.74 Å². The Morgan fingerprint density at radius 3 is 3.07 bits per heavy atom. The van der Waals surface area contributed by atoms with Crippen molar-refractivity contribution in [3.05, 3.63) is 12.2 Å². The molecular weight excluding hydrogens is 176 g/mol. The first-order chi connectivity index (χ1) is 6.70. The Morgan fingerprint density at radius 1 is 1.64 bits per heavy atom. The lowest BCUT2D eigenvalue weighted by Crippen LogP contribution is -2.45. The fraction of sp³-hybridized carbons (Fsp3) is 0.750. The standard InChI is InChI=1S/C12H16O2/c1-3-4-5-12-6-8-9(7(12)2)10(12)11(13)14-8/h8-10H,2-6H2,1H3/t8?,9?,10-,12-/m0/s1. The molecule has 1 heterocycles. The van der Waals surface area contributed by atoms with E-state index < -0.39 is 0 Å². The average molecular weight is 192 g/mol. The maximum Gasteiger partial charge on any atom is 0.310 e. The van der Waals surface area contributed by atoms with Gasteiger partial charge in [0.2, 0.25) is 0 Å². The highest BCUT2D eigenvalue weighted by Crippen LogP contribution is 2.72. The van der Waals surface area contributed by atoms with Gasteiger partial charge in [0.25, 0.3) is 0 Å². The van der Waals surface area contributed by atoms with Gasteiger partial charge in [0.1, 0.15) is 6.10 Å². The van der Waals surface area contributed by atoms with Crippen LogP contribution in [0.25, 0.3) is 0 Å². The lowest BCUT2D eigenvalue weighted by molar-refractivity contribution is -0.153. The fourth-order valence-corrected chi connectivity index (χ4v) is 3.78. The summed E-state index contributed by atoms with van der Waals surface area (Å²) < 4.78 is 5.29. The number of hydrogen-bond acceptors (Lipinski definition) is 2. The number of carbonyl (C=O) groups excluding carboxylic acids is 1. The number of ether oxygens (including phenoxy) is 1. The average Bonchev–Trinajstić information content (AvgIpc) is 2.72. The van der Waals surface area contributed by atoms with Crippen LogP contribution in [0.2, 0.25) is 0 Å². The molecule has 4 bridgehead atoms. The second-order valence-electron chi connectivity index (χ2n) is 4.97. The summed E-state index contributed by atoms with van der Waals surface area (Å²) in [5, 5.41) is 0. The van der Waals surface area contributed by atoms with E-state index in [1.807, 2.05) is 0 Å². The summed E-state index contributed by atoms with van der Waals surface area (Å²) in [6, 6.07) is 0. The maximum absolute atomic E-state index is 11.5. The van der Waals surface area contributed by atoms with Crippen molar-refractivity contribution < 1.29 is 9.53 Å². The molecule has 3 aliphatic carbocycles. The molecule has 4 atom stereocenters. The van der Waals surface area contributed by atoms with Crippen LogP contribution >= 0.6 is 0 Å². The van der Waals surface area contributed by atoms with Gasteiger partial charge in [-0.2, -0.15) is 0 Å². The highest BCUT2D eigenvalue weighted by Gasteiger charge is 2.74. The van der Waals surface area contributed by atoms with E-state index in [9.17, 15) is 4.79 Å². The first-order valence-electron chi connectivity index (χ1n) is 5.60. The molecule has 76 valence electrons. The molecule has 0 aromatic rings. The van der Waals surface area contributed by atoms with E-state index in [1.54, 1.807) is 0 Å². The summed E-state index contributed by atoms with van der Waals surface area (Å²) in [5.74, 6) is 0.626. The van der Waals surface area contributed by atoms with Crippen LogP contribution in [0, 0.1) is 17.3 Å². The van der Waals surface area contributed by atoms with Crippen LogP contribution in [0.5, 0.6) is 0 Å². The van der Waals surface area contributed by atoms with Crippen molar-refractivity contribution in [3.8, 4) is 0 Å². The Bertz CT molecular complexity index is 320. The largest absolute Gasteiger partial charge is 0.461 e. The van der Waals surface area contributed by atoms with Crippen molar-refractivity contribution in [1.29, 1.82) is 0 Å². The molecule has 3 saturated carbocycles. The molecule has 1 aliphatic heterocycles. The van der Waals surface area contributed by atoms with Crippen LogP contribution in [0.1, 0.15) is 32.6 Å². The molecule has 0 radical (unpaired) electrons. The zero-order valence-corrected chi connectivity index (χ0v) is 8.58. The highest BCUT2D eigenvalue weighted by atomic mass is 16.6. The van der Waals surface area contributed by atoms with E-state index in [2.05, 4.69) is 13.5 Å². The zero-order valence-electron chi connectivity index (χ0n) is 8.58. The molecule has 0 N–H and O–H groups in total. The zero-order chi connectivity index (χ0) is 9.92. The second kappa shape index (κ2) is 2.41. The first-order valence-corrected chi connectivity index (χ1v) is 5.60. The second-order valence-corrected chi connectivity index (χ2v) is 4.97. The summed E-state index contributed by atoms with van der Waals surface area (Å²) in [5.41, 5.74) is 1.48. The third-order valence-corrected chi connectivity index (χ3v) is 4.46. The fourth-order valence-electron chi connectivity index (χ4n) is 3.78. The van der Waals surface area contributed by atoms with E-state index in [0.29, 0.717) is 5.92 Å². The Labute approximate surface area is 84.3 Å². The number of unbranched alkanes of at least 4 members (excludes halogenated alkanes) is 1. The third kappa shape index (κ3) is 0.688. The molecule has 2 heteroatoms. The van der Waals surface area contributed by atoms with Crippen molar-refractivity contribution in [2.75, 3.05) is 0 Å². The number of esters is 1. The summed E-state index contributed by atoms with van der Waals surface area (Å²) in [4.78, 5) is 11.5. The molecule has 2 nitrogen and oxygen atoms in total. The Kier molecular flexibility index (Phi) is 1.47. The predicted octanol–water partition coefficient (Wildman–Crippen LogP) is 2.29. The minimum Gasteiger partial charge on any atom is -0.461 e.